The van der Waals surface area contributed by atoms with Crippen LogP contribution in [-0.4, -0.2) is 21.7 Å². The summed E-state index contributed by atoms with van der Waals surface area (Å²) in [5.41, 5.74) is 4.95. The van der Waals surface area contributed by atoms with Gasteiger partial charge in [-0.1, -0.05) is 66.7 Å². The number of rotatable bonds is 8. The van der Waals surface area contributed by atoms with Crippen molar-refractivity contribution >= 4 is 11.3 Å². The smallest absolute Gasteiger partial charge is 0.274 e. The van der Waals surface area contributed by atoms with Crippen molar-refractivity contribution < 1.29 is 14.4 Å². The van der Waals surface area contributed by atoms with E-state index in [9.17, 15) is 10.1 Å². The third-order valence-corrected chi connectivity index (χ3v) is 6.10. The van der Waals surface area contributed by atoms with Gasteiger partial charge in [-0.05, 0) is 36.6 Å². The summed E-state index contributed by atoms with van der Waals surface area (Å²) in [5.74, 6) is 0.818. The fourth-order valence-corrected chi connectivity index (χ4v) is 4.27. The fourth-order valence-electron chi connectivity index (χ4n) is 4.27. The van der Waals surface area contributed by atoms with Crippen LogP contribution in [0.2, 0.25) is 0 Å². The number of aliphatic imine (C=N–C) groups is 1. The van der Waals surface area contributed by atoms with Gasteiger partial charge in [0.15, 0.2) is 0 Å². The quantitative estimate of drug-likeness (QED) is 0.294. The van der Waals surface area contributed by atoms with E-state index >= 15 is 0 Å². The van der Waals surface area contributed by atoms with E-state index in [1.807, 2.05) is 79.7 Å². The van der Waals surface area contributed by atoms with Gasteiger partial charge in [0, 0.05) is 29.0 Å². The van der Waals surface area contributed by atoms with Crippen molar-refractivity contribution in [3.8, 4) is 11.8 Å². The highest BCUT2D eigenvalue weighted by Gasteiger charge is 2.30. The van der Waals surface area contributed by atoms with Crippen LogP contribution in [0.1, 0.15) is 30.0 Å². The molecule has 2 aromatic carbocycles. The molecule has 7 nitrogen and oxygen atoms in total. The number of allylic oxidation sites excluding steroid dienone is 2. The molecule has 0 saturated carbocycles. The highest BCUT2D eigenvalue weighted by atomic mass is 16.6. The van der Waals surface area contributed by atoms with E-state index in [-0.39, 0.29) is 16.7 Å². The van der Waals surface area contributed by atoms with Crippen molar-refractivity contribution in [2.45, 2.75) is 32.6 Å². The maximum Gasteiger partial charge on any atom is 0.274 e. The molecule has 0 fully saturated rings. The largest absolute Gasteiger partial charge is 0.473 e. The molecule has 1 aliphatic heterocycles. The first-order chi connectivity index (χ1) is 17.6. The number of benzene rings is 2. The van der Waals surface area contributed by atoms with Crippen LogP contribution in [0.15, 0.2) is 107 Å². The Hall–Kier alpha value is -4.52. The Morgan fingerprint density at radius 3 is 2.28 bits per heavy atom. The maximum atomic E-state index is 11.7. The van der Waals surface area contributed by atoms with Crippen LogP contribution in [0.4, 0.5) is 0 Å². The minimum Gasteiger partial charge on any atom is -0.473 e. The van der Waals surface area contributed by atoms with E-state index < -0.39 is 0 Å². The molecule has 0 bridgehead atoms. The van der Waals surface area contributed by atoms with Gasteiger partial charge in [-0.3, -0.25) is 15.1 Å². The Balaban J connectivity index is 1.50. The molecule has 1 aliphatic carbocycles. The summed E-state index contributed by atoms with van der Waals surface area (Å²) < 4.78 is 12.1. The van der Waals surface area contributed by atoms with Crippen LogP contribution in [-0.2, 0) is 13.2 Å². The number of ether oxygens (including phenoxy) is 2. The van der Waals surface area contributed by atoms with Crippen LogP contribution >= 0.6 is 0 Å². The second-order valence-electron chi connectivity index (χ2n) is 8.57. The number of aromatic nitrogens is 1. The predicted molar refractivity (Wildman–Crippen MR) is 138 cm³/mol. The summed E-state index contributed by atoms with van der Waals surface area (Å²) in [6, 6.07) is 23.1. The van der Waals surface area contributed by atoms with E-state index in [4.69, 9.17) is 14.5 Å². The zero-order valence-corrected chi connectivity index (χ0v) is 19.8. The highest BCUT2D eigenvalue weighted by Crippen LogP contribution is 2.36. The second kappa shape index (κ2) is 10.4. The number of nitro groups is 1. The van der Waals surface area contributed by atoms with Crippen LogP contribution in [0.3, 0.4) is 0 Å². The van der Waals surface area contributed by atoms with Crippen molar-refractivity contribution in [3.63, 3.8) is 0 Å². The number of dihydropyridines is 1. The first kappa shape index (κ1) is 23.2. The van der Waals surface area contributed by atoms with Crippen molar-refractivity contribution in [1.29, 1.82) is 0 Å². The van der Waals surface area contributed by atoms with Gasteiger partial charge in [0.2, 0.25) is 11.8 Å². The average molecular weight is 480 g/mol. The lowest BCUT2D eigenvalue weighted by Gasteiger charge is -2.24. The normalized spacial score (nSPS) is 16.6. The van der Waals surface area contributed by atoms with Gasteiger partial charge in [0.1, 0.15) is 13.2 Å². The summed E-state index contributed by atoms with van der Waals surface area (Å²) in [5, 5.41) is 11.7. The monoisotopic (exact) mass is 479 g/mol. The first-order valence-corrected chi connectivity index (χ1v) is 11.7. The number of pyridine rings is 1. The van der Waals surface area contributed by atoms with Gasteiger partial charge in [0.25, 0.3) is 5.70 Å². The molecule has 1 aromatic heterocycles. The summed E-state index contributed by atoms with van der Waals surface area (Å²) in [6.07, 6.45) is 5.85. The van der Waals surface area contributed by atoms with Gasteiger partial charge < -0.3 is 9.47 Å². The van der Waals surface area contributed by atoms with Crippen LogP contribution in [0.5, 0.6) is 11.8 Å². The van der Waals surface area contributed by atoms with Crippen molar-refractivity contribution in [2.75, 3.05) is 0 Å². The van der Waals surface area contributed by atoms with Gasteiger partial charge in [-0.15, -0.1) is 0 Å². The minimum atomic E-state index is -0.353. The molecular formula is C29H25N3O4. The molecule has 180 valence electrons. The summed E-state index contributed by atoms with van der Waals surface area (Å²) in [7, 11) is 0. The molecule has 2 heterocycles. The Bertz CT molecular complexity index is 1390. The van der Waals surface area contributed by atoms with E-state index in [0.717, 1.165) is 22.4 Å². The van der Waals surface area contributed by atoms with Gasteiger partial charge in [-0.25, -0.2) is 0 Å². The van der Waals surface area contributed by atoms with Crippen molar-refractivity contribution in [1.82, 2.24) is 4.98 Å². The Kier molecular flexibility index (Phi) is 6.71. The molecule has 0 N–H and O–H groups in total. The summed E-state index contributed by atoms with van der Waals surface area (Å²) in [6.45, 7) is 2.61. The molecule has 5 rings (SSSR count). The Morgan fingerprint density at radius 1 is 0.944 bits per heavy atom. The van der Waals surface area contributed by atoms with E-state index in [0.29, 0.717) is 42.5 Å². The van der Waals surface area contributed by atoms with Crippen molar-refractivity contribution in [2.24, 2.45) is 4.99 Å². The van der Waals surface area contributed by atoms with Gasteiger partial charge in [0.05, 0.1) is 16.5 Å². The second-order valence-corrected chi connectivity index (χ2v) is 8.57. The van der Waals surface area contributed by atoms with Crippen molar-refractivity contribution in [3.05, 3.63) is 129 Å². The molecule has 1 atom stereocenters. The SMILES string of the molecule is CC1=NC2CC=CC([N+](=O)[O-])=C2C=C1c1ccc(OCc2ccccc2)nc1OCc1ccccc1. The Labute approximate surface area is 209 Å². The van der Waals surface area contributed by atoms with Crippen LogP contribution in [0, 0.1) is 10.1 Å². The third-order valence-electron chi connectivity index (χ3n) is 6.10. The lowest BCUT2D eigenvalue weighted by atomic mass is 9.88. The summed E-state index contributed by atoms with van der Waals surface area (Å²) >= 11 is 0. The molecule has 0 saturated heterocycles. The number of hydrogen-bond acceptors (Lipinski definition) is 6. The maximum absolute atomic E-state index is 11.7. The standard InChI is InChI=1S/C29H25N3O4/c1-20-24(17-25-26(30-20)13-8-14-27(25)32(33)34)23-15-16-28(35-18-21-9-4-2-5-10-21)31-29(23)36-19-22-11-6-3-7-12-22/h2-12,14-17,26H,13,18-19H2,1H3. The number of nitrogens with zero attached hydrogens (tertiary/aromatic N) is 3. The molecule has 2 aliphatic rings. The van der Waals surface area contributed by atoms with Crippen LogP contribution in [0.25, 0.3) is 5.57 Å². The zero-order valence-electron chi connectivity index (χ0n) is 19.8. The molecule has 0 amide bonds. The first-order valence-electron chi connectivity index (χ1n) is 11.7. The third kappa shape index (κ3) is 5.10. The van der Waals surface area contributed by atoms with E-state index in [2.05, 4.69) is 4.98 Å². The molecule has 3 aromatic rings. The van der Waals surface area contributed by atoms with E-state index in [1.54, 1.807) is 18.2 Å². The van der Waals surface area contributed by atoms with E-state index in [1.165, 1.54) is 0 Å². The topological polar surface area (TPSA) is 86.9 Å². The van der Waals surface area contributed by atoms with Crippen LogP contribution < -0.4 is 9.47 Å². The lowest BCUT2D eigenvalue weighted by Crippen LogP contribution is -2.21. The summed E-state index contributed by atoms with van der Waals surface area (Å²) in [4.78, 5) is 20.7. The zero-order chi connectivity index (χ0) is 24.9. The molecule has 36 heavy (non-hydrogen) atoms. The van der Waals surface area contributed by atoms with Gasteiger partial charge >= 0.3 is 0 Å². The molecule has 0 spiro atoms. The number of hydrogen-bond donors (Lipinski definition) is 0. The van der Waals surface area contributed by atoms with Gasteiger partial charge in [-0.2, -0.15) is 4.98 Å². The molecule has 0 radical (unpaired) electrons. The highest BCUT2D eigenvalue weighted by molar-refractivity contribution is 6.24. The predicted octanol–water partition coefficient (Wildman–Crippen LogP) is 5.96. The average Bonchev–Trinajstić information content (AvgIpc) is 2.91. The molecule has 1 unspecified atom stereocenters. The fraction of sp³-hybridized carbons (Fsp3) is 0.172. The minimum absolute atomic E-state index is 0.0718. The number of fused-ring (bicyclic) bond motifs is 1. The Morgan fingerprint density at radius 2 is 1.61 bits per heavy atom. The molecule has 7 heteroatoms. The lowest BCUT2D eigenvalue weighted by molar-refractivity contribution is -0.420. The molecular weight excluding hydrogens is 454 g/mol.